The van der Waals surface area contributed by atoms with E-state index >= 15 is 0 Å². The van der Waals surface area contributed by atoms with E-state index < -0.39 is 11.5 Å². The Kier molecular flexibility index (Phi) is 2.81. The van der Waals surface area contributed by atoms with Gasteiger partial charge in [0.25, 0.3) is 5.56 Å². The average molecular weight is 305 g/mol. The number of rotatable bonds is 2. The largest absolute Gasteiger partial charge is 0.477 e. The van der Waals surface area contributed by atoms with E-state index in [2.05, 4.69) is 0 Å². The predicted octanol–water partition coefficient (Wildman–Crippen LogP) is 3.41. The molecule has 0 bridgehead atoms. The maximum absolute atomic E-state index is 12.1. The van der Waals surface area contributed by atoms with Crippen molar-refractivity contribution < 1.29 is 14.3 Å². The van der Waals surface area contributed by atoms with Crippen molar-refractivity contribution in [2.75, 3.05) is 0 Å². The lowest BCUT2D eigenvalue weighted by molar-refractivity contribution is 0.0695. The van der Waals surface area contributed by atoms with E-state index in [1.807, 2.05) is 30.3 Å². The standard InChI is InChI=1S/C18H11NO4/c20-17-14(18(21)22)6-5-12-9-11(7-8-19(12)17)15-10-23-16-4-2-1-3-13(15)16/h1-10H,(H,21,22). The molecule has 0 saturated heterocycles. The summed E-state index contributed by atoms with van der Waals surface area (Å²) in [7, 11) is 0. The summed E-state index contributed by atoms with van der Waals surface area (Å²) in [5, 5.41) is 10.0. The Bertz CT molecular complexity index is 1120. The van der Waals surface area contributed by atoms with Crippen molar-refractivity contribution in [1.82, 2.24) is 4.40 Å². The molecular formula is C18H11NO4. The van der Waals surface area contributed by atoms with Crippen LogP contribution in [0.3, 0.4) is 0 Å². The van der Waals surface area contributed by atoms with Crippen LogP contribution in [0.1, 0.15) is 10.4 Å². The zero-order valence-corrected chi connectivity index (χ0v) is 11.9. The van der Waals surface area contributed by atoms with Crippen LogP contribution in [-0.2, 0) is 0 Å². The summed E-state index contributed by atoms with van der Waals surface area (Å²) in [5.41, 5.74) is 2.46. The lowest BCUT2D eigenvalue weighted by Gasteiger charge is -2.05. The summed E-state index contributed by atoms with van der Waals surface area (Å²) in [5.74, 6) is -1.23. The van der Waals surface area contributed by atoms with Gasteiger partial charge in [-0.3, -0.25) is 9.20 Å². The second-order valence-corrected chi connectivity index (χ2v) is 5.21. The Morgan fingerprint density at radius 3 is 2.74 bits per heavy atom. The number of benzene rings is 1. The number of carboxylic acid groups (broad SMARTS) is 1. The number of carbonyl (C=O) groups is 1. The van der Waals surface area contributed by atoms with Gasteiger partial charge in [-0.15, -0.1) is 0 Å². The van der Waals surface area contributed by atoms with Crippen LogP contribution in [0, 0.1) is 0 Å². The fraction of sp³-hybridized carbons (Fsp3) is 0. The van der Waals surface area contributed by atoms with Crippen LogP contribution < -0.4 is 5.56 Å². The van der Waals surface area contributed by atoms with Crippen molar-refractivity contribution in [3.8, 4) is 11.1 Å². The van der Waals surface area contributed by atoms with Crippen molar-refractivity contribution in [2.45, 2.75) is 0 Å². The van der Waals surface area contributed by atoms with E-state index in [4.69, 9.17) is 9.52 Å². The molecule has 4 aromatic rings. The topological polar surface area (TPSA) is 71.9 Å². The summed E-state index contributed by atoms with van der Waals surface area (Å²) in [6, 6.07) is 14.3. The number of fused-ring (bicyclic) bond motifs is 2. The minimum absolute atomic E-state index is 0.246. The Labute approximate surface area is 130 Å². The van der Waals surface area contributed by atoms with E-state index in [-0.39, 0.29) is 5.56 Å². The van der Waals surface area contributed by atoms with E-state index in [9.17, 15) is 9.59 Å². The molecule has 5 heteroatoms. The van der Waals surface area contributed by atoms with Gasteiger partial charge in [-0.25, -0.2) is 4.79 Å². The number of hydrogen-bond acceptors (Lipinski definition) is 3. The summed E-state index contributed by atoms with van der Waals surface area (Å²) in [6.07, 6.45) is 3.27. The Hall–Kier alpha value is -3.34. The Morgan fingerprint density at radius 2 is 1.91 bits per heavy atom. The van der Waals surface area contributed by atoms with Gasteiger partial charge < -0.3 is 9.52 Å². The first-order valence-corrected chi connectivity index (χ1v) is 7.00. The van der Waals surface area contributed by atoms with Gasteiger partial charge in [0.15, 0.2) is 0 Å². The van der Waals surface area contributed by atoms with E-state index in [0.717, 1.165) is 22.1 Å². The first kappa shape index (κ1) is 13.3. The zero-order chi connectivity index (χ0) is 16.0. The van der Waals surface area contributed by atoms with Crippen LogP contribution in [0.4, 0.5) is 0 Å². The maximum Gasteiger partial charge on any atom is 0.341 e. The molecule has 1 aromatic carbocycles. The number of furan rings is 1. The molecule has 0 spiro atoms. The van der Waals surface area contributed by atoms with Crippen molar-refractivity contribution in [2.24, 2.45) is 0 Å². The minimum Gasteiger partial charge on any atom is -0.477 e. The second kappa shape index (κ2) is 4.84. The van der Waals surface area contributed by atoms with E-state index in [1.165, 1.54) is 10.5 Å². The van der Waals surface area contributed by atoms with Crippen LogP contribution in [0.25, 0.3) is 27.6 Å². The molecule has 0 fully saturated rings. The fourth-order valence-corrected chi connectivity index (χ4v) is 2.73. The molecule has 3 heterocycles. The lowest BCUT2D eigenvalue weighted by Crippen LogP contribution is -2.21. The van der Waals surface area contributed by atoms with Gasteiger partial charge in [0, 0.05) is 22.7 Å². The number of nitrogens with zero attached hydrogens (tertiary/aromatic N) is 1. The quantitative estimate of drug-likeness (QED) is 0.616. The third kappa shape index (κ3) is 2.02. The fourth-order valence-electron chi connectivity index (χ4n) is 2.73. The summed E-state index contributed by atoms with van der Waals surface area (Å²) in [6.45, 7) is 0. The molecule has 0 radical (unpaired) electrons. The molecule has 0 saturated carbocycles. The summed E-state index contributed by atoms with van der Waals surface area (Å²) < 4.78 is 6.87. The molecule has 112 valence electrons. The van der Waals surface area contributed by atoms with E-state index in [1.54, 1.807) is 24.6 Å². The number of carboxylic acids is 1. The van der Waals surface area contributed by atoms with Gasteiger partial charge in [-0.1, -0.05) is 18.2 Å². The molecule has 0 amide bonds. The summed E-state index contributed by atoms with van der Waals surface area (Å²) >= 11 is 0. The second-order valence-electron chi connectivity index (χ2n) is 5.21. The van der Waals surface area contributed by atoms with Gasteiger partial charge in [0.1, 0.15) is 11.1 Å². The molecule has 0 unspecified atom stereocenters. The third-order valence-corrected chi connectivity index (χ3v) is 3.88. The Morgan fingerprint density at radius 1 is 1.09 bits per heavy atom. The molecule has 23 heavy (non-hydrogen) atoms. The smallest absolute Gasteiger partial charge is 0.341 e. The van der Waals surface area contributed by atoms with Crippen molar-refractivity contribution in [3.05, 3.63) is 76.9 Å². The number of aromatic carboxylic acids is 1. The molecule has 1 N–H and O–H groups in total. The van der Waals surface area contributed by atoms with Gasteiger partial charge in [-0.2, -0.15) is 0 Å². The number of para-hydroxylation sites is 1. The van der Waals surface area contributed by atoms with E-state index in [0.29, 0.717) is 5.52 Å². The first-order valence-electron chi connectivity index (χ1n) is 7.00. The highest BCUT2D eigenvalue weighted by Crippen LogP contribution is 2.30. The molecule has 3 aromatic heterocycles. The molecule has 0 aliphatic rings. The minimum atomic E-state index is -1.23. The lowest BCUT2D eigenvalue weighted by atomic mass is 10.1. The van der Waals surface area contributed by atoms with Gasteiger partial charge in [0.2, 0.25) is 0 Å². The van der Waals surface area contributed by atoms with Gasteiger partial charge >= 0.3 is 5.97 Å². The number of aromatic nitrogens is 1. The summed E-state index contributed by atoms with van der Waals surface area (Å²) in [4.78, 5) is 23.2. The molecule has 4 rings (SSSR count). The monoisotopic (exact) mass is 305 g/mol. The number of pyridine rings is 2. The normalized spacial score (nSPS) is 11.1. The van der Waals surface area contributed by atoms with Crippen LogP contribution in [0.15, 0.2) is 70.2 Å². The van der Waals surface area contributed by atoms with Crippen LogP contribution in [0.2, 0.25) is 0 Å². The van der Waals surface area contributed by atoms with Crippen LogP contribution in [0.5, 0.6) is 0 Å². The average Bonchev–Trinajstić information content (AvgIpc) is 2.98. The van der Waals surface area contributed by atoms with Crippen molar-refractivity contribution in [3.63, 3.8) is 0 Å². The first-order chi connectivity index (χ1) is 11.1. The molecule has 0 aliphatic carbocycles. The highest BCUT2D eigenvalue weighted by molar-refractivity contribution is 5.94. The SMILES string of the molecule is O=C(O)c1ccc2cc(-c3coc4ccccc34)ccn2c1=O. The van der Waals surface area contributed by atoms with Crippen molar-refractivity contribution in [1.29, 1.82) is 0 Å². The van der Waals surface area contributed by atoms with Gasteiger partial charge in [0.05, 0.1) is 6.26 Å². The van der Waals surface area contributed by atoms with Crippen LogP contribution >= 0.6 is 0 Å². The molecule has 5 nitrogen and oxygen atoms in total. The highest BCUT2D eigenvalue weighted by atomic mass is 16.4. The number of hydrogen-bond donors (Lipinski definition) is 1. The highest BCUT2D eigenvalue weighted by Gasteiger charge is 2.12. The predicted molar refractivity (Wildman–Crippen MR) is 85.8 cm³/mol. The van der Waals surface area contributed by atoms with Crippen LogP contribution in [-0.4, -0.2) is 15.5 Å². The van der Waals surface area contributed by atoms with Gasteiger partial charge in [-0.05, 0) is 35.9 Å². The molecule has 0 aliphatic heterocycles. The Balaban J connectivity index is 1.95. The van der Waals surface area contributed by atoms with Crippen molar-refractivity contribution >= 4 is 22.5 Å². The molecule has 0 atom stereocenters. The molecular weight excluding hydrogens is 294 g/mol. The maximum atomic E-state index is 12.1. The zero-order valence-electron chi connectivity index (χ0n) is 11.9. The third-order valence-electron chi connectivity index (χ3n) is 3.88.